The van der Waals surface area contributed by atoms with Crippen molar-refractivity contribution in [3.63, 3.8) is 0 Å². The third-order valence-corrected chi connectivity index (χ3v) is 1.85. The highest BCUT2D eigenvalue weighted by Crippen LogP contribution is 2.09. The van der Waals surface area contributed by atoms with Crippen molar-refractivity contribution in [3.05, 3.63) is 29.8 Å². The van der Waals surface area contributed by atoms with Crippen molar-refractivity contribution in [2.75, 3.05) is 12.4 Å². The smallest absolute Gasteiger partial charge is 0.198 e. The van der Waals surface area contributed by atoms with E-state index in [1.165, 1.54) is 12.0 Å². The number of nitrogens with two attached hydrogens (primary N) is 1. The van der Waals surface area contributed by atoms with Crippen LogP contribution in [0.25, 0.3) is 0 Å². The second-order valence-electron chi connectivity index (χ2n) is 2.92. The van der Waals surface area contributed by atoms with Gasteiger partial charge in [-0.1, -0.05) is 12.1 Å². The van der Waals surface area contributed by atoms with Crippen molar-refractivity contribution in [2.24, 2.45) is 4.99 Å². The van der Waals surface area contributed by atoms with Crippen LogP contribution in [0.4, 0.5) is 5.69 Å². The molecule has 0 unspecified atom stereocenters. The zero-order chi connectivity index (χ0) is 9.10. The Bertz CT molecular complexity index is 299. The molecule has 0 saturated carbocycles. The molecular weight excluding hydrogens is 166 g/mol. The Balaban J connectivity index is 1.97. The molecular formula is C9H11N3O. The SMILES string of the molecule is Nc1ccc(CN2CN=CO2)cc1. The molecule has 0 atom stereocenters. The van der Waals surface area contributed by atoms with Crippen molar-refractivity contribution >= 4 is 12.1 Å². The molecule has 0 aromatic heterocycles. The van der Waals surface area contributed by atoms with Gasteiger partial charge in [0.2, 0.25) is 0 Å². The second kappa shape index (κ2) is 3.45. The van der Waals surface area contributed by atoms with Gasteiger partial charge in [0.25, 0.3) is 0 Å². The highest BCUT2D eigenvalue weighted by atomic mass is 16.7. The minimum Gasteiger partial charge on any atom is -0.399 e. The molecule has 0 aliphatic carbocycles. The van der Waals surface area contributed by atoms with Crippen LogP contribution >= 0.6 is 0 Å². The lowest BCUT2D eigenvalue weighted by Gasteiger charge is -2.11. The lowest BCUT2D eigenvalue weighted by molar-refractivity contribution is -0.0518. The predicted molar refractivity (Wildman–Crippen MR) is 50.8 cm³/mol. The van der Waals surface area contributed by atoms with E-state index in [4.69, 9.17) is 10.6 Å². The van der Waals surface area contributed by atoms with E-state index >= 15 is 0 Å². The molecule has 4 nitrogen and oxygen atoms in total. The van der Waals surface area contributed by atoms with Gasteiger partial charge in [-0.3, -0.25) is 0 Å². The summed E-state index contributed by atoms with van der Waals surface area (Å²) in [6, 6.07) is 7.73. The summed E-state index contributed by atoms with van der Waals surface area (Å²) in [6.07, 6.45) is 1.46. The molecule has 1 aromatic rings. The summed E-state index contributed by atoms with van der Waals surface area (Å²) in [5, 5.41) is 1.77. The molecule has 0 radical (unpaired) electrons. The Morgan fingerprint density at radius 3 is 2.77 bits per heavy atom. The molecule has 1 heterocycles. The van der Waals surface area contributed by atoms with Gasteiger partial charge in [-0.15, -0.1) is 5.06 Å². The van der Waals surface area contributed by atoms with Crippen molar-refractivity contribution in [1.29, 1.82) is 0 Å². The normalized spacial score (nSPS) is 16.0. The molecule has 0 bridgehead atoms. The van der Waals surface area contributed by atoms with E-state index in [0.29, 0.717) is 6.67 Å². The highest BCUT2D eigenvalue weighted by Gasteiger charge is 2.08. The van der Waals surface area contributed by atoms with Crippen molar-refractivity contribution < 1.29 is 4.84 Å². The summed E-state index contributed by atoms with van der Waals surface area (Å²) in [4.78, 5) is 9.03. The van der Waals surface area contributed by atoms with Crippen molar-refractivity contribution in [1.82, 2.24) is 5.06 Å². The van der Waals surface area contributed by atoms with E-state index in [0.717, 1.165) is 12.2 Å². The molecule has 1 aromatic carbocycles. The van der Waals surface area contributed by atoms with Crippen molar-refractivity contribution in [3.8, 4) is 0 Å². The number of hydrogen-bond donors (Lipinski definition) is 1. The molecule has 2 N–H and O–H groups in total. The Hall–Kier alpha value is -1.55. The maximum Gasteiger partial charge on any atom is 0.198 e. The maximum atomic E-state index is 5.57. The van der Waals surface area contributed by atoms with E-state index in [9.17, 15) is 0 Å². The number of hydrogen-bond acceptors (Lipinski definition) is 4. The number of hydroxylamine groups is 2. The molecule has 13 heavy (non-hydrogen) atoms. The second-order valence-corrected chi connectivity index (χ2v) is 2.92. The van der Waals surface area contributed by atoms with Crippen molar-refractivity contribution in [2.45, 2.75) is 6.54 Å². The first-order valence-corrected chi connectivity index (χ1v) is 4.09. The number of nitrogens with zero attached hydrogens (tertiary/aromatic N) is 2. The number of benzene rings is 1. The van der Waals surface area contributed by atoms with Crippen LogP contribution in [0.15, 0.2) is 29.3 Å². The van der Waals surface area contributed by atoms with E-state index in [1.807, 2.05) is 24.3 Å². The zero-order valence-electron chi connectivity index (χ0n) is 7.18. The minimum atomic E-state index is 0.602. The zero-order valence-corrected chi connectivity index (χ0v) is 7.18. The molecule has 0 amide bonds. The summed E-state index contributed by atoms with van der Waals surface area (Å²) in [5.74, 6) is 0. The average molecular weight is 177 g/mol. The van der Waals surface area contributed by atoms with E-state index in [-0.39, 0.29) is 0 Å². The number of anilines is 1. The predicted octanol–water partition coefficient (Wildman–Crippen LogP) is 1.00. The quantitative estimate of drug-likeness (QED) is 0.686. The van der Waals surface area contributed by atoms with Gasteiger partial charge in [-0.2, -0.15) is 0 Å². The van der Waals surface area contributed by atoms with Gasteiger partial charge in [-0.05, 0) is 17.7 Å². The molecule has 4 heteroatoms. The molecule has 0 saturated heterocycles. The first kappa shape index (κ1) is 8.07. The largest absolute Gasteiger partial charge is 0.399 e. The van der Waals surface area contributed by atoms with Crippen LogP contribution in [0.2, 0.25) is 0 Å². The fourth-order valence-electron chi connectivity index (χ4n) is 1.17. The van der Waals surface area contributed by atoms with Gasteiger partial charge in [0.1, 0.15) is 6.67 Å². The Morgan fingerprint density at radius 2 is 2.15 bits per heavy atom. The van der Waals surface area contributed by atoms with Crippen LogP contribution < -0.4 is 5.73 Å². The summed E-state index contributed by atoms with van der Waals surface area (Å²) in [5.41, 5.74) is 7.51. The summed E-state index contributed by atoms with van der Waals surface area (Å²) < 4.78 is 0. The number of rotatable bonds is 2. The Morgan fingerprint density at radius 1 is 1.38 bits per heavy atom. The average Bonchev–Trinajstić information content (AvgIpc) is 2.62. The topological polar surface area (TPSA) is 50.8 Å². The van der Waals surface area contributed by atoms with E-state index in [1.54, 1.807) is 5.06 Å². The van der Waals surface area contributed by atoms with E-state index in [2.05, 4.69) is 4.99 Å². The van der Waals surface area contributed by atoms with Gasteiger partial charge in [0.05, 0.1) is 6.54 Å². The third kappa shape index (κ3) is 1.97. The monoisotopic (exact) mass is 177 g/mol. The Kier molecular flexibility index (Phi) is 2.14. The number of aliphatic imine (C=N–C) groups is 1. The van der Waals surface area contributed by atoms with Gasteiger partial charge in [0, 0.05) is 5.69 Å². The fraction of sp³-hybridized carbons (Fsp3) is 0.222. The van der Waals surface area contributed by atoms with Crippen LogP contribution in [0.1, 0.15) is 5.56 Å². The fourth-order valence-corrected chi connectivity index (χ4v) is 1.17. The summed E-state index contributed by atoms with van der Waals surface area (Å²) in [7, 11) is 0. The van der Waals surface area contributed by atoms with Crippen LogP contribution in [-0.4, -0.2) is 18.1 Å². The van der Waals surface area contributed by atoms with Crippen LogP contribution in [0.3, 0.4) is 0 Å². The molecule has 2 rings (SSSR count). The maximum absolute atomic E-state index is 5.57. The highest BCUT2D eigenvalue weighted by molar-refractivity contribution is 5.47. The van der Waals surface area contributed by atoms with Gasteiger partial charge in [-0.25, -0.2) is 4.99 Å². The molecule has 1 aliphatic heterocycles. The molecule has 68 valence electrons. The standard InChI is InChI=1S/C9H11N3O/c10-9-3-1-8(2-4-9)5-12-6-11-7-13-12/h1-4,7H,5-6,10H2. The van der Waals surface area contributed by atoms with Gasteiger partial charge < -0.3 is 10.6 Å². The lowest BCUT2D eigenvalue weighted by Crippen LogP contribution is -2.17. The molecule has 0 spiro atoms. The minimum absolute atomic E-state index is 0.602. The molecule has 1 aliphatic rings. The summed E-state index contributed by atoms with van der Waals surface area (Å²) in [6.45, 7) is 1.34. The van der Waals surface area contributed by atoms with Gasteiger partial charge in [0.15, 0.2) is 6.40 Å². The third-order valence-electron chi connectivity index (χ3n) is 1.85. The molecule has 0 fully saturated rings. The van der Waals surface area contributed by atoms with Crippen LogP contribution in [0, 0.1) is 0 Å². The number of nitrogen functional groups attached to an aromatic ring is 1. The first-order chi connectivity index (χ1) is 6.34. The Labute approximate surface area is 76.6 Å². The lowest BCUT2D eigenvalue weighted by atomic mass is 10.2. The van der Waals surface area contributed by atoms with Gasteiger partial charge >= 0.3 is 0 Å². The summed E-state index contributed by atoms with van der Waals surface area (Å²) >= 11 is 0. The van der Waals surface area contributed by atoms with Crippen LogP contribution in [-0.2, 0) is 11.4 Å². The first-order valence-electron chi connectivity index (χ1n) is 4.09. The van der Waals surface area contributed by atoms with Crippen LogP contribution in [0.5, 0.6) is 0 Å². The van der Waals surface area contributed by atoms with E-state index < -0.39 is 0 Å².